The summed E-state index contributed by atoms with van der Waals surface area (Å²) in [5.74, 6) is -1.69. The van der Waals surface area contributed by atoms with Crippen LogP contribution in [0.15, 0.2) is 18.2 Å². The monoisotopic (exact) mass is 413 g/mol. The molecule has 1 unspecified atom stereocenters. The number of rotatable bonds is 6. The van der Waals surface area contributed by atoms with E-state index in [1.807, 2.05) is 20.8 Å². The van der Waals surface area contributed by atoms with E-state index in [-0.39, 0.29) is 35.9 Å². The van der Waals surface area contributed by atoms with Gasteiger partial charge in [0.15, 0.2) is 0 Å². The molecule has 1 atom stereocenters. The van der Waals surface area contributed by atoms with Gasteiger partial charge in [-0.3, -0.25) is 14.4 Å². The average molecular weight is 413 g/mol. The third-order valence-corrected chi connectivity index (χ3v) is 5.04. The number of benzene rings is 1. The van der Waals surface area contributed by atoms with Gasteiger partial charge in [-0.1, -0.05) is 0 Å². The molecule has 3 amide bonds. The normalized spacial score (nSPS) is 16.8. The van der Waals surface area contributed by atoms with Gasteiger partial charge in [0.05, 0.1) is 11.4 Å². The zero-order valence-electron chi connectivity index (χ0n) is 16.2. The molecule has 0 bridgehead atoms. The molecule has 1 aromatic rings. The lowest BCUT2D eigenvalue weighted by Gasteiger charge is -2.27. The Hall–Kier alpha value is -2.16. The smallest absolute Gasteiger partial charge is 0.254 e. The molecule has 2 N–H and O–H groups in total. The minimum absolute atomic E-state index is 0.159. The van der Waals surface area contributed by atoms with Crippen molar-refractivity contribution in [3.8, 4) is 0 Å². The average Bonchev–Trinajstić information content (AvgIpc) is 3.06. The SMILES string of the molecule is CC(C)(C)NC(=O)C1CSCN1C(=O)CCCNC(=O)c1ccc(F)cc1F. The highest BCUT2D eigenvalue weighted by Crippen LogP contribution is 2.23. The molecule has 1 saturated heterocycles. The highest BCUT2D eigenvalue weighted by molar-refractivity contribution is 7.99. The highest BCUT2D eigenvalue weighted by Gasteiger charge is 2.35. The van der Waals surface area contributed by atoms with Crippen molar-refractivity contribution in [2.24, 2.45) is 0 Å². The van der Waals surface area contributed by atoms with Crippen LogP contribution in [-0.4, -0.2) is 52.4 Å². The second-order valence-electron chi connectivity index (χ2n) is 7.60. The summed E-state index contributed by atoms with van der Waals surface area (Å²) in [5.41, 5.74) is -0.624. The summed E-state index contributed by atoms with van der Waals surface area (Å²) in [4.78, 5) is 38.3. The number of amides is 3. The Labute approximate surface area is 167 Å². The second-order valence-corrected chi connectivity index (χ2v) is 8.60. The first kappa shape index (κ1) is 22.1. The van der Waals surface area contributed by atoms with Gasteiger partial charge in [-0.2, -0.15) is 0 Å². The summed E-state index contributed by atoms with van der Waals surface area (Å²) in [7, 11) is 0. The van der Waals surface area contributed by atoms with E-state index in [1.165, 1.54) is 11.8 Å². The van der Waals surface area contributed by atoms with Crippen LogP contribution >= 0.6 is 11.8 Å². The van der Waals surface area contributed by atoms with Crippen molar-refractivity contribution in [1.29, 1.82) is 0 Å². The van der Waals surface area contributed by atoms with Crippen molar-refractivity contribution in [2.45, 2.75) is 45.2 Å². The maximum atomic E-state index is 13.6. The molecule has 0 saturated carbocycles. The first-order valence-corrected chi connectivity index (χ1v) is 10.2. The van der Waals surface area contributed by atoms with Gasteiger partial charge in [0, 0.05) is 30.3 Å². The maximum absolute atomic E-state index is 13.6. The number of nitrogens with one attached hydrogen (secondary N) is 2. The number of nitrogens with zero attached hydrogens (tertiary/aromatic N) is 1. The van der Waals surface area contributed by atoms with Crippen LogP contribution in [0.4, 0.5) is 8.78 Å². The van der Waals surface area contributed by atoms with Gasteiger partial charge in [0.1, 0.15) is 17.7 Å². The molecule has 28 heavy (non-hydrogen) atoms. The van der Waals surface area contributed by atoms with Crippen molar-refractivity contribution < 1.29 is 23.2 Å². The van der Waals surface area contributed by atoms with Gasteiger partial charge >= 0.3 is 0 Å². The molecule has 9 heteroatoms. The van der Waals surface area contributed by atoms with Gasteiger partial charge in [0.2, 0.25) is 11.8 Å². The Kier molecular flexibility index (Phi) is 7.40. The lowest BCUT2D eigenvalue weighted by atomic mass is 10.1. The molecule has 0 spiro atoms. The minimum Gasteiger partial charge on any atom is -0.352 e. The van der Waals surface area contributed by atoms with E-state index < -0.39 is 23.6 Å². The number of carbonyl (C=O) groups excluding carboxylic acids is 3. The van der Waals surface area contributed by atoms with Gasteiger partial charge in [-0.05, 0) is 39.3 Å². The van der Waals surface area contributed by atoms with Crippen LogP contribution in [0, 0.1) is 11.6 Å². The molecular formula is C19H25F2N3O3S. The van der Waals surface area contributed by atoms with Crippen LogP contribution in [0.5, 0.6) is 0 Å². The molecule has 6 nitrogen and oxygen atoms in total. The van der Waals surface area contributed by atoms with Crippen LogP contribution in [-0.2, 0) is 9.59 Å². The second kappa shape index (κ2) is 9.36. The molecular weight excluding hydrogens is 388 g/mol. The number of hydrogen-bond donors (Lipinski definition) is 2. The van der Waals surface area contributed by atoms with Gasteiger partial charge in [0.25, 0.3) is 5.91 Å². The van der Waals surface area contributed by atoms with E-state index in [2.05, 4.69) is 10.6 Å². The van der Waals surface area contributed by atoms with E-state index in [4.69, 9.17) is 0 Å². The minimum atomic E-state index is -0.935. The van der Waals surface area contributed by atoms with Crippen molar-refractivity contribution in [3.63, 3.8) is 0 Å². The van der Waals surface area contributed by atoms with Crippen LogP contribution in [0.1, 0.15) is 44.0 Å². The lowest BCUT2D eigenvalue weighted by Crippen LogP contribution is -2.52. The molecule has 1 aliphatic rings. The molecule has 0 aliphatic carbocycles. The quantitative estimate of drug-likeness (QED) is 0.702. The summed E-state index contributed by atoms with van der Waals surface area (Å²) in [6.45, 7) is 5.81. The largest absolute Gasteiger partial charge is 0.352 e. The van der Waals surface area contributed by atoms with E-state index in [0.29, 0.717) is 24.1 Å². The number of hydrogen-bond acceptors (Lipinski definition) is 4. The molecule has 0 radical (unpaired) electrons. The fraction of sp³-hybridized carbons (Fsp3) is 0.526. The summed E-state index contributed by atoms with van der Waals surface area (Å²) in [6.07, 6.45) is 0.508. The summed E-state index contributed by atoms with van der Waals surface area (Å²) in [5, 5.41) is 5.40. The van der Waals surface area contributed by atoms with Crippen molar-refractivity contribution in [1.82, 2.24) is 15.5 Å². The summed E-state index contributed by atoms with van der Waals surface area (Å²) >= 11 is 1.52. The predicted octanol–water partition coefficient (Wildman–Crippen LogP) is 2.29. The Balaban J connectivity index is 1.80. The molecule has 1 heterocycles. The highest BCUT2D eigenvalue weighted by atomic mass is 32.2. The number of halogens is 2. The van der Waals surface area contributed by atoms with E-state index >= 15 is 0 Å². The third-order valence-electron chi connectivity index (χ3n) is 4.03. The van der Waals surface area contributed by atoms with Crippen molar-refractivity contribution >= 4 is 29.5 Å². The third kappa shape index (κ3) is 6.19. The summed E-state index contributed by atoms with van der Waals surface area (Å²) < 4.78 is 26.5. The van der Waals surface area contributed by atoms with Crippen molar-refractivity contribution in [3.05, 3.63) is 35.4 Å². The van der Waals surface area contributed by atoms with Crippen LogP contribution in [0.25, 0.3) is 0 Å². The maximum Gasteiger partial charge on any atom is 0.254 e. The summed E-state index contributed by atoms with van der Waals surface area (Å²) in [6, 6.07) is 2.23. The zero-order valence-corrected chi connectivity index (χ0v) is 17.0. The molecule has 2 rings (SSSR count). The molecule has 0 aromatic heterocycles. The molecule has 1 aromatic carbocycles. The van der Waals surface area contributed by atoms with Crippen molar-refractivity contribution in [2.75, 3.05) is 18.2 Å². The van der Waals surface area contributed by atoms with Gasteiger partial charge < -0.3 is 15.5 Å². The molecule has 154 valence electrons. The molecule has 1 aliphatic heterocycles. The van der Waals surface area contributed by atoms with Gasteiger partial charge in [-0.15, -0.1) is 11.8 Å². The Morgan fingerprint density at radius 1 is 1.25 bits per heavy atom. The number of thioether (sulfide) groups is 1. The Morgan fingerprint density at radius 3 is 2.61 bits per heavy atom. The van der Waals surface area contributed by atoms with E-state index in [1.54, 1.807) is 4.90 Å². The fourth-order valence-electron chi connectivity index (χ4n) is 2.71. The van der Waals surface area contributed by atoms with Crippen LogP contribution in [0.3, 0.4) is 0 Å². The Bertz CT molecular complexity index is 752. The first-order chi connectivity index (χ1) is 13.1. The predicted molar refractivity (Wildman–Crippen MR) is 104 cm³/mol. The molecule has 1 fully saturated rings. The fourth-order valence-corrected chi connectivity index (χ4v) is 3.89. The zero-order chi connectivity index (χ0) is 20.9. The van der Waals surface area contributed by atoms with Gasteiger partial charge in [-0.25, -0.2) is 8.78 Å². The first-order valence-electron chi connectivity index (χ1n) is 9.01. The van der Waals surface area contributed by atoms with E-state index in [0.717, 1.165) is 12.1 Å². The lowest BCUT2D eigenvalue weighted by molar-refractivity contribution is -0.138. The van der Waals surface area contributed by atoms with Crippen LogP contribution < -0.4 is 10.6 Å². The standard InChI is InChI=1S/C19H25F2N3O3S/c1-19(2,3)23-18(27)15-10-28-11-24(15)16(25)5-4-8-22-17(26)13-7-6-12(20)9-14(13)21/h6-7,9,15H,4-5,8,10-11H2,1-3H3,(H,22,26)(H,23,27). The topological polar surface area (TPSA) is 78.5 Å². The number of carbonyl (C=O) groups is 3. The van der Waals surface area contributed by atoms with E-state index in [9.17, 15) is 23.2 Å². The van der Waals surface area contributed by atoms with Crippen LogP contribution in [0.2, 0.25) is 0 Å². The Morgan fingerprint density at radius 2 is 1.96 bits per heavy atom.